The van der Waals surface area contributed by atoms with E-state index in [2.05, 4.69) is 22.2 Å². The molecule has 0 spiro atoms. The van der Waals surface area contributed by atoms with Crippen LogP contribution < -0.4 is 15.8 Å². The van der Waals surface area contributed by atoms with Crippen molar-refractivity contribution in [3.05, 3.63) is 11.2 Å². The third-order valence-electron chi connectivity index (χ3n) is 2.73. The number of rotatable bonds is 8. The summed E-state index contributed by atoms with van der Waals surface area (Å²) < 4.78 is 4.97. The van der Waals surface area contributed by atoms with Crippen molar-refractivity contribution < 1.29 is 4.74 Å². The van der Waals surface area contributed by atoms with Crippen molar-refractivity contribution in [2.45, 2.75) is 26.2 Å². The average Bonchev–Trinajstić information content (AvgIpc) is 2.38. The fourth-order valence-corrected chi connectivity index (χ4v) is 1.96. The molecule has 0 aromatic carbocycles. The van der Waals surface area contributed by atoms with Crippen molar-refractivity contribution in [3.8, 4) is 6.01 Å². The predicted molar refractivity (Wildman–Crippen MR) is 74.2 cm³/mol. The molecule has 5 nitrogen and oxygen atoms in total. The summed E-state index contributed by atoms with van der Waals surface area (Å²) in [4.78, 5) is 8.11. The lowest BCUT2D eigenvalue weighted by Crippen LogP contribution is -2.18. The highest BCUT2D eigenvalue weighted by Crippen LogP contribution is 2.21. The van der Waals surface area contributed by atoms with Gasteiger partial charge in [0.15, 0.2) is 5.82 Å². The molecule has 1 heterocycles. The van der Waals surface area contributed by atoms with Gasteiger partial charge in [-0.05, 0) is 25.3 Å². The number of anilines is 1. The molecule has 3 N–H and O–H groups in total. The van der Waals surface area contributed by atoms with Gasteiger partial charge in [0.2, 0.25) is 0 Å². The first kappa shape index (κ1) is 15.0. The van der Waals surface area contributed by atoms with E-state index in [1.807, 2.05) is 0 Å². The second-order valence-corrected chi connectivity index (χ2v) is 4.57. The van der Waals surface area contributed by atoms with Gasteiger partial charge in [-0.1, -0.05) is 24.9 Å². The standard InChI is InChI=1S/C12H21ClN4O/c1-3-4-9(5-6-14)7-15-11-10(13)8-16-12(17-11)18-2/h8-9H,3-7,14H2,1-2H3,(H,15,16,17). The number of methoxy groups -OCH3 is 1. The van der Waals surface area contributed by atoms with Gasteiger partial charge in [-0.3, -0.25) is 0 Å². The van der Waals surface area contributed by atoms with Crippen LogP contribution in [0.25, 0.3) is 0 Å². The predicted octanol–water partition coefficient (Wildman–Crippen LogP) is 2.32. The van der Waals surface area contributed by atoms with Crippen LogP contribution in [-0.2, 0) is 0 Å². The van der Waals surface area contributed by atoms with Gasteiger partial charge in [-0.25, -0.2) is 4.98 Å². The van der Waals surface area contributed by atoms with Gasteiger partial charge < -0.3 is 15.8 Å². The summed E-state index contributed by atoms with van der Waals surface area (Å²) >= 11 is 6.02. The van der Waals surface area contributed by atoms with Gasteiger partial charge in [0.05, 0.1) is 13.3 Å². The first-order valence-electron chi connectivity index (χ1n) is 6.21. The number of ether oxygens (including phenoxy) is 1. The molecule has 0 saturated carbocycles. The monoisotopic (exact) mass is 272 g/mol. The van der Waals surface area contributed by atoms with Crippen LogP contribution in [0.1, 0.15) is 26.2 Å². The number of nitrogens with two attached hydrogens (primary N) is 1. The Morgan fingerprint density at radius 1 is 1.50 bits per heavy atom. The van der Waals surface area contributed by atoms with Crippen molar-refractivity contribution in [2.24, 2.45) is 11.7 Å². The van der Waals surface area contributed by atoms with Crippen LogP contribution in [0.3, 0.4) is 0 Å². The molecule has 6 heteroatoms. The minimum atomic E-state index is 0.313. The minimum absolute atomic E-state index is 0.313. The first-order chi connectivity index (χ1) is 8.71. The van der Waals surface area contributed by atoms with Crippen LogP contribution in [0.2, 0.25) is 5.02 Å². The van der Waals surface area contributed by atoms with E-state index in [4.69, 9.17) is 22.1 Å². The molecular formula is C12H21ClN4O. The van der Waals surface area contributed by atoms with Gasteiger partial charge in [0.25, 0.3) is 0 Å². The van der Waals surface area contributed by atoms with Gasteiger partial charge in [0, 0.05) is 6.54 Å². The zero-order valence-corrected chi connectivity index (χ0v) is 11.7. The van der Waals surface area contributed by atoms with E-state index < -0.39 is 0 Å². The summed E-state index contributed by atoms with van der Waals surface area (Å²) in [7, 11) is 1.53. The van der Waals surface area contributed by atoms with E-state index >= 15 is 0 Å². The quantitative estimate of drug-likeness (QED) is 0.760. The van der Waals surface area contributed by atoms with E-state index in [-0.39, 0.29) is 0 Å². The molecule has 0 radical (unpaired) electrons. The summed E-state index contributed by atoms with van der Waals surface area (Å²) in [6, 6.07) is 0.313. The van der Waals surface area contributed by atoms with Crippen molar-refractivity contribution >= 4 is 17.4 Å². The second-order valence-electron chi connectivity index (χ2n) is 4.17. The molecule has 0 fully saturated rings. The Morgan fingerprint density at radius 2 is 2.28 bits per heavy atom. The summed E-state index contributed by atoms with van der Waals surface area (Å²) in [6.07, 6.45) is 4.82. The molecule has 1 aromatic heterocycles. The lowest BCUT2D eigenvalue weighted by molar-refractivity contribution is 0.380. The van der Waals surface area contributed by atoms with E-state index in [0.29, 0.717) is 29.3 Å². The lowest BCUT2D eigenvalue weighted by Gasteiger charge is -2.16. The molecule has 18 heavy (non-hydrogen) atoms. The number of aromatic nitrogens is 2. The van der Waals surface area contributed by atoms with Gasteiger partial charge >= 0.3 is 6.01 Å². The molecule has 102 valence electrons. The normalized spacial score (nSPS) is 12.2. The molecular weight excluding hydrogens is 252 g/mol. The fraction of sp³-hybridized carbons (Fsp3) is 0.667. The van der Waals surface area contributed by atoms with Gasteiger partial charge in [0.1, 0.15) is 5.02 Å². The Balaban J connectivity index is 2.60. The largest absolute Gasteiger partial charge is 0.467 e. The Labute approximate surface area is 113 Å². The van der Waals surface area contributed by atoms with E-state index in [1.165, 1.54) is 13.3 Å². The first-order valence-corrected chi connectivity index (χ1v) is 6.59. The van der Waals surface area contributed by atoms with E-state index in [1.54, 1.807) is 0 Å². The summed E-state index contributed by atoms with van der Waals surface area (Å²) in [5.41, 5.74) is 5.60. The molecule has 1 aromatic rings. The Hall–Kier alpha value is -1.07. The highest BCUT2D eigenvalue weighted by atomic mass is 35.5. The maximum Gasteiger partial charge on any atom is 0.318 e. The third kappa shape index (κ3) is 4.66. The van der Waals surface area contributed by atoms with E-state index in [0.717, 1.165) is 25.8 Å². The van der Waals surface area contributed by atoms with Crippen LogP contribution in [-0.4, -0.2) is 30.2 Å². The molecule has 0 aliphatic carbocycles. The average molecular weight is 273 g/mol. The lowest BCUT2D eigenvalue weighted by atomic mass is 10.00. The molecule has 1 unspecified atom stereocenters. The molecule has 0 saturated heterocycles. The Bertz CT molecular complexity index is 356. The molecule has 0 bridgehead atoms. The molecule has 1 rings (SSSR count). The van der Waals surface area contributed by atoms with Crippen molar-refractivity contribution in [3.63, 3.8) is 0 Å². The highest BCUT2D eigenvalue weighted by molar-refractivity contribution is 6.32. The van der Waals surface area contributed by atoms with Gasteiger partial charge in [-0.2, -0.15) is 4.98 Å². The van der Waals surface area contributed by atoms with Crippen molar-refractivity contribution in [2.75, 3.05) is 25.5 Å². The highest BCUT2D eigenvalue weighted by Gasteiger charge is 2.10. The number of nitrogens with zero attached hydrogens (tertiary/aromatic N) is 2. The van der Waals surface area contributed by atoms with Crippen LogP contribution in [0.15, 0.2) is 6.20 Å². The minimum Gasteiger partial charge on any atom is -0.467 e. The maximum absolute atomic E-state index is 6.02. The van der Waals surface area contributed by atoms with Gasteiger partial charge in [-0.15, -0.1) is 0 Å². The molecule has 0 aliphatic rings. The molecule has 0 amide bonds. The zero-order valence-electron chi connectivity index (χ0n) is 10.9. The summed E-state index contributed by atoms with van der Waals surface area (Å²) in [6.45, 7) is 3.68. The van der Waals surface area contributed by atoms with Crippen molar-refractivity contribution in [1.29, 1.82) is 0 Å². The van der Waals surface area contributed by atoms with E-state index in [9.17, 15) is 0 Å². The zero-order chi connectivity index (χ0) is 13.4. The molecule has 1 atom stereocenters. The number of halogens is 1. The molecule has 0 aliphatic heterocycles. The SMILES string of the molecule is CCCC(CCN)CNc1nc(OC)ncc1Cl. The third-order valence-corrected chi connectivity index (χ3v) is 3.01. The van der Waals surface area contributed by atoms with Crippen molar-refractivity contribution in [1.82, 2.24) is 9.97 Å². The second kappa shape index (κ2) is 8.11. The van der Waals surface area contributed by atoms with Crippen LogP contribution in [0, 0.1) is 5.92 Å². The summed E-state index contributed by atoms with van der Waals surface area (Å²) in [5.74, 6) is 1.15. The maximum atomic E-state index is 6.02. The van der Waals surface area contributed by atoms with Crippen LogP contribution >= 0.6 is 11.6 Å². The van der Waals surface area contributed by atoms with Crippen LogP contribution in [0.5, 0.6) is 6.01 Å². The number of hydrogen-bond acceptors (Lipinski definition) is 5. The Kier molecular flexibility index (Phi) is 6.75. The summed E-state index contributed by atoms with van der Waals surface area (Å²) in [5, 5.41) is 3.74. The fourth-order valence-electron chi connectivity index (χ4n) is 1.81. The smallest absolute Gasteiger partial charge is 0.318 e. The number of nitrogens with one attached hydrogen (secondary N) is 1. The number of hydrogen-bond donors (Lipinski definition) is 2. The Morgan fingerprint density at radius 3 is 2.89 bits per heavy atom. The topological polar surface area (TPSA) is 73.1 Å². The van der Waals surface area contributed by atoms with Crippen LogP contribution in [0.4, 0.5) is 5.82 Å².